The first-order valence-corrected chi connectivity index (χ1v) is 6.28. The van der Waals surface area contributed by atoms with Gasteiger partial charge in [-0.3, -0.25) is 9.59 Å². The number of halogens is 1. The molecule has 1 aromatic rings. The zero-order valence-corrected chi connectivity index (χ0v) is 11.1. The molecule has 1 saturated heterocycles. The molecule has 0 unspecified atom stereocenters. The van der Waals surface area contributed by atoms with Gasteiger partial charge in [0, 0.05) is 5.02 Å². The molecule has 0 spiro atoms. The highest BCUT2D eigenvalue weighted by Crippen LogP contribution is 2.21. The number of benzene rings is 1. The lowest BCUT2D eigenvalue weighted by Crippen LogP contribution is -2.63. The van der Waals surface area contributed by atoms with Crippen LogP contribution < -0.4 is 11.1 Å². The van der Waals surface area contributed by atoms with Gasteiger partial charge in [-0.2, -0.15) is 0 Å². The Morgan fingerprint density at radius 3 is 2.42 bits per heavy atom. The van der Waals surface area contributed by atoms with Gasteiger partial charge < -0.3 is 15.8 Å². The molecule has 1 aromatic carbocycles. The largest absolute Gasteiger partial charge is 0.376 e. The van der Waals surface area contributed by atoms with E-state index in [9.17, 15) is 9.59 Å². The van der Waals surface area contributed by atoms with Crippen LogP contribution in [0.4, 0.5) is 0 Å². The van der Waals surface area contributed by atoms with Crippen LogP contribution in [0, 0.1) is 0 Å². The second kappa shape index (κ2) is 5.59. The van der Waals surface area contributed by atoms with Gasteiger partial charge in [0.1, 0.15) is 0 Å². The summed E-state index contributed by atoms with van der Waals surface area (Å²) < 4.78 is 5.07. The summed E-state index contributed by atoms with van der Waals surface area (Å²) in [6.07, 6.45) is 0.330. The minimum atomic E-state index is -0.630. The molecule has 0 aromatic heterocycles. The Kier molecular flexibility index (Phi) is 4.07. The van der Waals surface area contributed by atoms with Crippen LogP contribution in [0.1, 0.15) is 12.0 Å². The predicted octanol–water partition coefficient (Wildman–Crippen LogP) is 0.643. The summed E-state index contributed by atoms with van der Waals surface area (Å²) >= 11 is 5.78. The number of amides is 2. The van der Waals surface area contributed by atoms with Crippen molar-refractivity contribution in [2.24, 2.45) is 5.73 Å². The summed E-state index contributed by atoms with van der Waals surface area (Å²) in [7, 11) is 0. The summed E-state index contributed by atoms with van der Waals surface area (Å²) in [6.45, 7) is 0.643. The molecule has 0 saturated carbocycles. The zero-order valence-electron chi connectivity index (χ0n) is 10.3. The van der Waals surface area contributed by atoms with E-state index in [1.54, 1.807) is 24.3 Å². The van der Waals surface area contributed by atoms with Gasteiger partial charge >= 0.3 is 0 Å². The second-order valence-corrected chi connectivity index (χ2v) is 5.20. The van der Waals surface area contributed by atoms with Crippen molar-refractivity contribution in [3.63, 3.8) is 0 Å². The van der Waals surface area contributed by atoms with E-state index in [2.05, 4.69) is 5.32 Å². The number of hydrogen-bond donors (Lipinski definition) is 2. The fraction of sp³-hybridized carbons (Fsp3) is 0.385. The van der Waals surface area contributed by atoms with Gasteiger partial charge in [0.2, 0.25) is 11.8 Å². The number of carbonyl (C=O) groups is 2. The van der Waals surface area contributed by atoms with E-state index < -0.39 is 11.4 Å². The van der Waals surface area contributed by atoms with E-state index in [4.69, 9.17) is 22.1 Å². The predicted molar refractivity (Wildman–Crippen MR) is 70.7 cm³/mol. The van der Waals surface area contributed by atoms with Crippen molar-refractivity contribution in [3.05, 3.63) is 34.9 Å². The van der Waals surface area contributed by atoms with Gasteiger partial charge in [-0.15, -0.1) is 0 Å². The van der Waals surface area contributed by atoms with Crippen molar-refractivity contribution in [1.82, 2.24) is 5.32 Å². The average Bonchev–Trinajstić information content (AvgIpc) is 2.28. The van der Waals surface area contributed by atoms with Crippen molar-refractivity contribution in [3.8, 4) is 0 Å². The summed E-state index contributed by atoms with van der Waals surface area (Å²) in [6, 6.07) is 7.05. The van der Waals surface area contributed by atoms with E-state index in [1.165, 1.54) is 0 Å². The van der Waals surface area contributed by atoms with E-state index in [-0.39, 0.29) is 18.7 Å². The maximum Gasteiger partial charge on any atom is 0.225 e. The van der Waals surface area contributed by atoms with Crippen LogP contribution in [0.3, 0.4) is 0 Å². The Balaban J connectivity index is 1.93. The molecule has 1 heterocycles. The van der Waals surface area contributed by atoms with Crippen LogP contribution in [0.15, 0.2) is 24.3 Å². The fourth-order valence-electron chi connectivity index (χ4n) is 2.03. The Labute approximate surface area is 116 Å². The molecule has 19 heavy (non-hydrogen) atoms. The number of carbonyl (C=O) groups excluding carboxylic acids is 2. The minimum Gasteiger partial charge on any atom is -0.376 e. The molecular weight excluding hydrogens is 268 g/mol. The van der Waals surface area contributed by atoms with Gasteiger partial charge in [0.15, 0.2) is 0 Å². The highest BCUT2D eigenvalue weighted by atomic mass is 35.5. The quantitative estimate of drug-likeness (QED) is 0.832. The summed E-state index contributed by atoms with van der Waals surface area (Å²) in [5, 5.41) is 3.45. The molecule has 6 heteroatoms. The van der Waals surface area contributed by atoms with Crippen LogP contribution in [-0.4, -0.2) is 30.6 Å². The third kappa shape index (κ3) is 3.68. The van der Waals surface area contributed by atoms with Gasteiger partial charge in [-0.1, -0.05) is 23.7 Å². The molecule has 102 valence electrons. The molecule has 2 rings (SSSR count). The first-order chi connectivity index (χ1) is 8.99. The second-order valence-electron chi connectivity index (χ2n) is 4.77. The SMILES string of the molecule is NC(=O)CC1(NC(=O)Cc2ccc(Cl)cc2)COC1. The summed E-state index contributed by atoms with van der Waals surface area (Å²) in [5.74, 6) is -0.609. The molecule has 0 aliphatic carbocycles. The topological polar surface area (TPSA) is 81.4 Å². The van der Waals surface area contributed by atoms with E-state index in [0.717, 1.165) is 5.56 Å². The first-order valence-electron chi connectivity index (χ1n) is 5.91. The van der Waals surface area contributed by atoms with Crippen molar-refractivity contribution in [1.29, 1.82) is 0 Å². The maximum atomic E-state index is 11.9. The van der Waals surface area contributed by atoms with Gasteiger partial charge in [-0.25, -0.2) is 0 Å². The van der Waals surface area contributed by atoms with Crippen LogP contribution in [0.5, 0.6) is 0 Å². The Bertz CT molecular complexity index is 483. The molecule has 1 aliphatic heterocycles. The Morgan fingerprint density at radius 1 is 1.32 bits per heavy atom. The molecule has 0 atom stereocenters. The lowest BCUT2D eigenvalue weighted by Gasteiger charge is -2.41. The van der Waals surface area contributed by atoms with Gasteiger partial charge in [0.05, 0.1) is 31.6 Å². The summed E-state index contributed by atoms with van der Waals surface area (Å²) in [4.78, 5) is 22.9. The Morgan fingerprint density at radius 2 is 1.95 bits per heavy atom. The average molecular weight is 283 g/mol. The highest BCUT2D eigenvalue weighted by molar-refractivity contribution is 6.30. The fourth-order valence-corrected chi connectivity index (χ4v) is 2.15. The summed E-state index contributed by atoms with van der Waals surface area (Å²) in [5.41, 5.74) is 5.40. The molecule has 5 nitrogen and oxygen atoms in total. The van der Waals surface area contributed by atoms with Gasteiger partial charge in [-0.05, 0) is 17.7 Å². The van der Waals surface area contributed by atoms with Crippen molar-refractivity contribution in [2.75, 3.05) is 13.2 Å². The smallest absolute Gasteiger partial charge is 0.225 e. The number of rotatable bonds is 5. The number of nitrogens with two attached hydrogens (primary N) is 1. The Hall–Kier alpha value is -1.59. The molecule has 0 radical (unpaired) electrons. The zero-order chi connectivity index (χ0) is 13.9. The molecule has 0 bridgehead atoms. The van der Waals surface area contributed by atoms with Crippen molar-refractivity contribution >= 4 is 23.4 Å². The molecule has 1 aliphatic rings. The lowest BCUT2D eigenvalue weighted by atomic mass is 9.92. The van der Waals surface area contributed by atoms with Crippen LogP contribution >= 0.6 is 11.6 Å². The lowest BCUT2D eigenvalue weighted by molar-refractivity contribution is -0.137. The molecular formula is C13H15ClN2O3. The van der Waals surface area contributed by atoms with Gasteiger partial charge in [0.25, 0.3) is 0 Å². The number of primary amides is 1. The molecule has 1 fully saturated rings. The monoisotopic (exact) mass is 282 g/mol. The normalized spacial score (nSPS) is 16.5. The van der Waals surface area contributed by atoms with E-state index in [0.29, 0.717) is 18.2 Å². The van der Waals surface area contributed by atoms with E-state index in [1.807, 2.05) is 0 Å². The third-order valence-electron chi connectivity index (χ3n) is 2.95. The van der Waals surface area contributed by atoms with Crippen LogP contribution in [0.2, 0.25) is 5.02 Å². The number of hydrogen-bond acceptors (Lipinski definition) is 3. The van der Waals surface area contributed by atoms with Crippen molar-refractivity contribution in [2.45, 2.75) is 18.4 Å². The third-order valence-corrected chi connectivity index (χ3v) is 3.20. The van der Waals surface area contributed by atoms with Crippen LogP contribution in [-0.2, 0) is 20.7 Å². The van der Waals surface area contributed by atoms with Crippen molar-refractivity contribution < 1.29 is 14.3 Å². The minimum absolute atomic E-state index is 0.0966. The first kappa shape index (κ1) is 13.8. The number of ether oxygens (including phenoxy) is 1. The highest BCUT2D eigenvalue weighted by Gasteiger charge is 2.41. The molecule has 3 N–H and O–H groups in total. The van der Waals surface area contributed by atoms with E-state index >= 15 is 0 Å². The van der Waals surface area contributed by atoms with Crippen LogP contribution in [0.25, 0.3) is 0 Å². The number of nitrogens with one attached hydrogen (secondary N) is 1. The maximum absolute atomic E-state index is 11.9. The molecule has 2 amide bonds. The standard InChI is InChI=1S/C13H15ClN2O3/c14-10-3-1-9(2-4-10)5-12(18)16-13(6-11(15)17)7-19-8-13/h1-4H,5-8H2,(H2,15,17)(H,16,18).